The maximum absolute atomic E-state index is 12.0. The van der Waals surface area contributed by atoms with Crippen LogP contribution in [0.3, 0.4) is 0 Å². The van der Waals surface area contributed by atoms with Crippen LogP contribution in [0.25, 0.3) is 0 Å². The van der Waals surface area contributed by atoms with Crippen LogP contribution in [0, 0.1) is 5.41 Å². The van der Waals surface area contributed by atoms with E-state index in [0.29, 0.717) is 6.54 Å². The van der Waals surface area contributed by atoms with Crippen molar-refractivity contribution in [3.8, 4) is 0 Å². The van der Waals surface area contributed by atoms with Crippen molar-refractivity contribution in [3.63, 3.8) is 0 Å². The number of benzene rings is 1. The van der Waals surface area contributed by atoms with Crippen LogP contribution in [0.4, 0.5) is 10.5 Å². The van der Waals surface area contributed by atoms with Gasteiger partial charge in [0, 0.05) is 25.8 Å². The number of anilines is 1. The Hall–Kier alpha value is -1.71. The Morgan fingerprint density at radius 3 is 2.36 bits per heavy atom. The van der Waals surface area contributed by atoms with Gasteiger partial charge in [-0.15, -0.1) is 0 Å². The summed E-state index contributed by atoms with van der Waals surface area (Å²) in [6.07, 6.45) is -0.305. The van der Waals surface area contributed by atoms with Gasteiger partial charge < -0.3 is 15.0 Å². The summed E-state index contributed by atoms with van der Waals surface area (Å²) in [6.45, 7) is 13.6. The molecule has 124 valence electrons. The monoisotopic (exact) mass is 306 g/mol. The van der Waals surface area contributed by atoms with E-state index in [1.807, 2.05) is 39.0 Å². The molecule has 0 heterocycles. The fraction of sp³-hybridized carbons (Fsp3) is 0.611. The summed E-state index contributed by atoms with van der Waals surface area (Å²) in [5, 5.41) is 3.43. The van der Waals surface area contributed by atoms with Crippen LogP contribution in [0.1, 0.15) is 47.1 Å². The lowest BCUT2D eigenvalue weighted by Gasteiger charge is -2.25. The highest BCUT2D eigenvalue weighted by Gasteiger charge is 2.19. The SMILES string of the molecule is CN(Cc1cccc(NCC(C)(C)C)c1)C(=O)OC(C)(C)C. The van der Waals surface area contributed by atoms with Gasteiger partial charge in [0.1, 0.15) is 5.60 Å². The zero-order chi connectivity index (χ0) is 17.0. The number of hydrogen-bond donors (Lipinski definition) is 1. The quantitative estimate of drug-likeness (QED) is 0.889. The molecule has 0 unspecified atom stereocenters. The van der Waals surface area contributed by atoms with Gasteiger partial charge in [0.25, 0.3) is 0 Å². The molecule has 0 aliphatic heterocycles. The molecule has 0 bridgehead atoms. The molecule has 1 N–H and O–H groups in total. The topological polar surface area (TPSA) is 41.6 Å². The van der Waals surface area contributed by atoms with E-state index in [1.54, 1.807) is 11.9 Å². The van der Waals surface area contributed by atoms with Crippen molar-refractivity contribution in [1.82, 2.24) is 4.90 Å². The Morgan fingerprint density at radius 1 is 1.18 bits per heavy atom. The molecule has 4 nitrogen and oxygen atoms in total. The Morgan fingerprint density at radius 2 is 1.82 bits per heavy atom. The first-order valence-electron chi connectivity index (χ1n) is 7.73. The summed E-state index contributed by atoms with van der Waals surface area (Å²) in [5.74, 6) is 0. The van der Waals surface area contributed by atoms with E-state index < -0.39 is 5.60 Å². The Bertz CT molecular complexity index is 499. The van der Waals surface area contributed by atoms with Crippen LogP contribution in [0.5, 0.6) is 0 Å². The number of ether oxygens (including phenoxy) is 1. The molecule has 0 spiro atoms. The number of nitrogens with one attached hydrogen (secondary N) is 1. The zero-order valence-electron chi connectivity index (χ0n) is 15.0. The van der Waals surface area contributed by atoms with E-state index >= 15 is 0 Å². The molecule has 22 heavy (non-hydrogen) atoms. The van der Waals surface area contributed by atoms with Gasteiger partial charge in [-0.25, -0.2) is 4.79 Å². The third-order valence-electron chi connectivity index (χ3n) is 2.87. The van der Waals surface area contributed by atoms with Crippen molar-refractivity contribution in [1.29, 1.82) is 0 Å². The molecule has 1 amide bonds. The highest BCUT2D eigenvalue weighted by molar-refractivity contribution is 5.67. The van der Waals surface area contributed by atoms with E-state index in [2.05, 4.69) is 32.2 Å². The van der Waals surface area contributed by atoms with Crippen molar-refractivity contribution < 1.29 is 9.53 Å². The normalized spacial score (nSPS) is 12.0. The first kappa shape index (κ1) is 18.3. The van der Waals surface area contributed by atoms with Gasteiger partial charge in [-0.3, -0.25) is 0 Å². The number of rotatable bonds is 4. The van der Waals surface area contributed by atoms with Gasteiger partial charge in [-0.05, 0) is 43.9 Å². The summed E-state index contributed by atoms with van der Waals surface area (Å²) < 4.78 is 5.37. The number of amides is 1. The van der Waals surface area contributed by atoms with Crippen LogP contribution < -0.4 is 5.32 Å². The minimum absolute atomic E-state index is 0.226. The largest absolute Gasteiger partial charge is 0.444 e. The molecule has 1 aromatic rings. The molecule has 0 aliphatic rings. The molecule has 0 saturated carbocycles. The molecule has 0 radical (unpaired) electrons. The molecular formula is C18H30N2O2. The summed E-state index contributed by atoms with van der Waals surface area (Å²) >= 11 is 0. The first-order valence-corrected chi connectivity index (χ1v) is 7.73. The highest BCUT2D eigenvalue weighted by atomic mass is 16.6. The summed E-state index contributed by atoms with van der Waals surface area (Å²) in [6, 6.07) is 8.14. The van der Waals surface area contributed by atoms with Crippen molar-refractivity contribution >= 4 is 11.8 Å². The van der Waals surface area contributed by atoms with Crippen molar-refractivity contribution in [3.05, 3.63) is 29.8 Å². The zero-order valence-corrected chi connectivity index (χ0v) is 15.0. The molecule has 0 aromatic heterocycles. The Kier molecular flexibility index (Phi) is 5.86. The molecular weight excluding hydrogens is 276 g/mol. The van der Waals surface area contributed by atoms with Gasteiger partial charge in [0.05, 0.1) is 0 Å². The van der Waals surface area contributed by atoms with Gasteiger partial charge in [-0.2, -0.15) is 0 Å². The second kappa shape index (κ2) is 7.03. The second-order valence-corrected chi connectivity index (χ2v) is 7.95. The van der Waals surface area contributed by atoms with Crippen molar-refractivity contribution in [2.24, 2.45) is 5.41 Å². The van der Waals surface area contributed by atoms with Gasteiger partial charge in [0.15, 0.2) is 0 Å². The minimum Gasteiger partial charge on any atom is -0.444 e. The number of carbonyl (C=O) groups is 1. The van der Waals surface area contributed by atoms with E-state index in [4.69, 9.17) is 4.74 Å². The Balaban J connectivity index is 2.64. The second-order valence-electron chi connectivity index (χ2n) is 7.95. The van der Waals surface area contributed by atoms with Crippen LogP contribution >= 0.6 is 0 Å². The lowest BCUT2D eigenvalue weighted by atomic mass is 9.97. The molecule has 0 fully saturated rings. The fourth-order valence-electron chi connectivity index (χ4n) is 1.83. The predicted octanol–water partition coefficient (Wildman–Crippen LogP) is 4.51. The molecule has 0 saturated heterocycles. The first-order chi connectivity index (χ1) is 9.96. The van der Waals surface area contributed by atoms with Crippen LogP contribution in [0.15, 0.2) is 24.3 Å². The lowest BCUT2D eigenvalue weighted by molar-refractivity contribution is 0.0285. The maximum atomic E-state index is 12.0. The standard InChI is InChI=1S/C18H30N2O2/c1-17(2,3)13-19-15-10-8-9-14(11-15)12-20(7)16(21)22-18(4,5)6/h8-11,19H,12-13H2,1-7H3. The summed E-state index contributed by atoms with van der Waals surface area (Å²) in [7, 11) is 1.75. The minimum atomic E-state index is -0.471. The highest BCUT2D eigenvalue weighted by Crippen LogP contribution is 2.18. The molecule has 1 aromatic carbocycles. The number of hydrogen-bond acceptors (Lipinski definition) is 3. The van der Waals surface area contributed by atoms with Crippen LogP contribution in [-0.2, 0) is 11.3 Å². The number of nitrogens with zero attached hydrogens (tertiary/aromatic N) is 1. The molecule has 0 atom stereocenters. The van der Waals surface area contributed by atoms with Crippen molar-refractivity contribution in [2.75, 3.05) is 18.9 Å². The van der Waals surface area contributed by atoms with Gasteiger partial charge in [0.2, 0.25) is 0 Å². The van der Waals surface area contributed by atoms with E-state index in [0.717, 1.165) is 17.8 Å². The summed E-state index contributed by atoms with van der Waals surface area (Å²) in [5.41, 5.74) is 1.90. The average molecular weight is 306 g/mol. The lowest BCUT2D eigenvalue weighted by Crippen LogP contribution is -2.33. The predicted molar refractivity (Wildman–Crippen MR) is 92.1 cm³/mol. The Labute approximate surface area is 134 Å². The molecule has 1 rings (SSSR count). The molecule has 0 aliphatic carbocycles. The van der Waals surface area contributed by atoms with E-state index in [1.165, 1.54) is 0 Å². The van der Waals surface area contributed by atoms with E-state index in [9.17, 15) is 4.79 Å². The van der Waals surface area contributed by atoms with Gasteiger partial charge in [-0.1, -0.05) is 32.9 Å². The van der Waals surface area contributed by atoms with E-state index in [-0.39, 0.29) is 11.5 Å². The van der Waals surface area contributed by atoms with Crippen LogP contribution in [0.2, 0.25) is 0 Å². The third kappa shape index (κ3) is 7.34. The fourth-order valence-corrected chi connectivity index (χ4v) is 1.83. The molecule has 4 heteroatoms. The van der Waals surface area contributed by atoms with Crippen LogP contribution in [-0.4, -0.2) is 30.2 Å². The average Bonchev–Trinajstić information content (AvgIpc) is 2.34. The summed E-state index contributed by atoms with van der Waals surface area (Å²) in [4.78, 5) is 13.6. The number of carbonyl (C=O) groups excluding carboxylic acids is 1. The smallest absolute Gasteiger partial charge is 0.410 e. The van der Waals surface area contributed by atoms with Gasteiger partial charge >= 0.3 is 6.09 Å². The third-order valence-corrected chi connectivity index (χ3v) is 2.87. The van der Waals surface area contributed by atoms with Crippen molar-refractivity contribution in [2.45, 2.75) is 53.7 Å². The maximum Gasteiger partial charge on any atom is 0.410 e.